The molecule has 13 heteroatoms. The highest BCUT2D eigenvalue weighted by atomic mass is 17.2. The van der Waals surface area contributed by atoms with Gasteiger partial charge in [-0.3, -0.25) is 14.4 Å². The minimum absolute atomic E-state index is 0.00270. The van der Waals surface area contributed by atoms with E-state index >= 15 is 0 Å². The fraction of sp³-hybridized carbons (Fsp3) is 0.654. The lowest BCUT2D eigenvalue weighted by Crippen LogP contribution is -2.31. The van der Waals surface area contributed by atoms with Crippen LogP contribution in [0.15, 0.2) is 97.1 Å². The molecule has 0 spiro atoms. The van der Waals surface area contributed by atoms with E-state index in [9.17, 15) is 19.2 Å². The van der Waals surface area contributed by atoms with E-state index in [0.717, 1.165) is 177 Å². The van der Waals surface area contributed by atoms with E-state index in [1.165, 1.54) is 74.5 Å². The molecule has 4 aliphatic carbocycles. The highest BCUT2D eigenvalue weighted by Gasteiger charge is 2.34. The van der Waals surface area contributed by atoms with Crippen LogP contribution in [0.2, 0.25) is 0 Å². The van der Waals surface area contributed by atoms with Gasteiger partial charge in [0.2, 0.25) is 0 Å². The molecule has 0 saturated heterocycles. The number of rotatable bonds is 39. The van der Waals surface area contributed by atoms with Crippen LogP contribution in [0.5, 0.6) is 17.2 Å². The number of hydrogen-bond acceptors (Lipinski definition) is 13. The quantitative estimate of drug-likeness (QED) is 0.0104. The molecule has 4 fully saturated rings. The zero-order valence-electron chi connectivity index (χ0n) is 58.3. The number of ether oxygens (including phenoxy) is 7. The van der Waals surface area contributed by atoms with Crippen molar-refractivity contribution in [1.82, 2.24) is 0 Å². The van der Waals surface area contributed by atoms with Crippen molar-refractivity contribution in [1.29, 1.82) is 0 Å². The Labute approximate surface area is 565 Å². The van der Waals surface area contributed by atoms with Crippen LogP contribution in [0.4, 0.5) is 0 Å². The van der Waals surface area contributed by atoms with Crippen LogP contribution < -0.4 is 14.2 Å². The molecule has 4 aliphatic rings. The maximum absolute atomic E-state index is 12.7. The molecule has 0 N–H and O–H groups in total. The molecule has 1 unspecified atom stereocenters. The highest BCUT2D eigenvalue weighted by molar-refractivity contribution is 5.89. The van der Waals surface area contributed by atoms with Crippen LogP contribution in [-0.4, -0.2) is 74.7 Å². The standard InChI is InChI=1S/C42H64O6.C39H54O7/c1-3-5-9-13-34-15-23-38(24-16-34)44-31-11-7-8-12-32-45-39-25-17-35(18-26-39)33-46-48-41-29-21-37(22-30-41)36-19-27-40(28-20-36)47-42(43)14-10-6-4-2;1-4-9-29(3)45-38(41)33-14-16-34(17-15-33)39(42)46-36-24-20-32(21-25-36)37(40)44-27-8-6-5-7-26-43-35-22-18-31(19-23-35)30-12-10-28(2)11-13-30/h15-18,23-26,36-37,40-41H,3-14,19-22,27-33H2,1-2H3;10-13,20-21,24-25,29,31,33-35H,4-9,14-19,22-23,26-27H2,1-3H3. The molecule has 4 saturated carbocycles. The zero-order chi connectivity index (χ0) is 66.4. The van der Waals surface area contributed by atoms with Gasteiger partial charge in [-0.05, 0) is 270 Å². The largest absolute Gasteiger partial charge is 0.494 e. The van der Waals surface area contributed by atoms with Gasteiger partial charge in [0.25, 0.3) is 0 Å². The third kappa shape index (κ3) is 28.9. The van der Waals surface area contributed by atoms with Crippen molar-refractivity contribution >= 4 is 23.9 Å². The molecule has 4 aromatic carbocycles. The lowest BCUT2D eigenvalue weighted by atomic mass is 9.72. The fourth-order valence-electron chi connectivity index (χ4n) is 13.9. The van der Waals surface area contributed by atoms with E-state index in [0.29, 0.717) is 68.7 Å². The maximum atomic E-state index is 12.7. The zero-order valence-corrected chi connectivity index (χ0v) is 58.3. The first-order chi connectivity index (χ1) is 45.9. The Morgan fingerprint density at radius 1 is 0.468 bits per heavy atom. The lowest BCUT2D eigenvalue weighted by Gasteiger charge is -2.37. The third-order valence-electron chi connectivity index (χ3n) is 19.9. The minimum atomic E-state index is -0.374. The summed E-state index contributed by atoms with van der Waals surface area (Å²) >= 11 is 0. The fourth-order valence-corrected chi connectivity index (χ4v) is 13.9. The Morgan fingerprint density at radius 3 is 1.57 bits per heavy atom. The summed E-state index contributed by atoms with van der Waals surface area (Å²) in [5.74, 6) is 3.27. The number of esters is 4. The van der Waals surface area contributed by atoms with Crippen molar-refractivity contribution in [2.75, 3.05) is 26.4 Å². The van der Waals surface area contributed by atoms with Crippen LogP contribution in [0.3, 0.4) is 0 Å². The summed E-state index contributed by atoms with van der Waals surface area (Å²) in [6.07, 6.45) is 35.6. The Balaban J connectivity index is 0.000000266. The van der Waals surface area contributed by atoms with Crippen LogP contribution in [0, 0.1) is 30.6 Å². The minimum Gasteiger partial charge on any atom is -0.494 e. The molecule has 0 amide bonds. The monoisotopic (exact) mass is 1300 g/mol. The van der Waals surface area contributed by atoms with Gasteiger partial charge in [0.1, 0.15) is 30.0 Å². The van der Waals surface area contributed by atoms with Crippen molar-refractivity contribution in [3.63, 3.8) is 0 Å². The second-order valence-corrected chi connectivity index (χ2v) is 27.6. The van der Waals surface area contributed by atoms with Gasteiger partial charge in [0.15, 0.2) is 0 Å². The van der Waals surface area contributed by atoms with Gasteiger partial charge in [-0.25, -0.2) is 14.6 Å². The summed E-state index contributed by atoms with van der Waals surface area (Å²) < 4.78 is 40.3. The van der Waals surface area contributed by atoms with Gasteiger partial charge in [-0.2, -0.15) is 0 Å². The highest BCUT2D eigenvalue weighted by Crippen LogP contribution is 2.40. The summed E-state index contributed by atoms with van der Waals surface area (Å²) in [4.78, 5) is 61.1. The van der Waals surface area contributed by atoms with Gasteiger partial charge >= 0.3 is 23.9 Å². The molecule has 8 rings (SSSR count). The van der Waals surface area contributed by atoms with Crippen molar-refractivity contribution < 1.29 is 62.1 Å². The normalized spacial score (nSPS) is 21.6. The van der Waals surface area contributed by atoms with Crippen molar-refractivity contribution in [2.45, 2.75) is 290 Å². The van der Waals surface area contributed by atoms with Gasteiger partial charge in [-0.1, -0.05) is 113 Å². The van der Waals surface area contributed by atoms with E-state index in [1.807, 2.05) is 19.1 Å². The number of hydrogen-bond donors (Lipinski definition) is 0. The summed E-state index contributed by atoms with van der Waals surface area (Å²) in [6.45, 7) is 13.7. The molecule has 0 aromatic heterocycles. The van der Waals surface area contributed by atoms with Gasteiger partial charge < -0.3 is 33.2 Å². The maximum Gasteiger partial charge on any atom is 0.338 e. The molecule has 13 nitrogen and oxygen atoms in total. The van der Waals surface area contributed by atoms with E-state index in [2.05, 4.69) is 88.4 Å². The summed E-state index contributed by atoms with van der Waals surface area (Å²) in [5.41, 5.74) is 5.70. The Kier molecular flexibility index (Phi) is 35.5. The van der Waals surface area contributed by atoms with E-state index in [4.69, 9.17) is 42.9 Å². The van der Waals surface area contributed by atoms with E-state index < -0.39 is 0 Å². The van der Waals surface area contributed by atoms with Crippen LogP contribution in [0.1, 0.15) is 278 Å². The van der Waals surface area contributed by atoms with Gasteiger partial charge in [-0.15, -0.1) is 0 Å². The van der Waals surface area contributed by atoms with Crippen molar-refractivity contribution in [2.24, 2.45) is 23.7 Å². The molecule has 520 valence electrons. The molecular formula is C81H118O13. The average molecular weight is 1300 g/mol. The number of benzene rings is 4. The Bertz CT molecular complexity index is 2680. The molecular weight excluding hydrogens is 1180 g/mol. The Hall–Kier alpha value is -5.76. The topological polar surface area (TPSA) is 151 Å². The van der Waals surface area contributed by atoms with Gasteiger partial charge in [0, 0.05) is 13.0 Å². The molecule has 0 radical (unpaired) electrons. The van der Waals surface area contributed by atoms with Crippen LogP contribution >= 0.6 is 0 Å². The Morgan fingerprint density at radius 2 is 0.989 bits per heavy atom. The molecule has 1 atom stereocenters. The molecule has 0 bridgehead atoms. The van der Waals surface area contributed by atoms with E-state index in [1.54, 1.807) is 24.3 Å². The first-order valence-electron chi connectivity index (χ1n) is 37.2. The molecule has 0 aliphatic heterocycles. The predicted molar refractivity (Wildman–Crippen MR) is 372 cm³/mol. The number of carbonyl (C=O) groups is 4. The first kappa shape index (κ1) is 75.6. The number of aryl methyl sites for hydroxylation is 2. The van der Waals surface area contributed by atoms with Crippen molar-refractivity contribution in [3.05, 3.63) is 125 Å². The second-order valence-electron chi connectivity index (χ2n) is 27.6. The predicted octanol–water partition coefficient (Wildman–Crippen LogP) is 20.0. The average Bonchev–Trinajstić information content (AvgIpc) is 1.12. The van der Waals surface area contributed by atoms with Gasteiger partial charge in [0.05, 0.1) is 55.5 Å². The van der Waals surface area contributed by atoms with Crippen LogP contribution in [-0.2, 0) is 56.1 Å². The first-order valence-corrected chi connectivity index (χ1v) is 37.2. The smallest absolute Gasteiger partial charge is 0.338 e. The lowest BCUT2D eigenvalue weighted by molar-refractivity contribution is -0.338. The second kappa shape index (κ2) is 44.1. The van der Waals surface area contributed by atoms with Crippen molar-refractivity contribution in [3.8, 4) is 17.2 Å². The number of unbranched alkanes of at least 4 members (excludes halogenated alkanes) is 10. The summed E-state index contributed by atoms with van der Waals surface area (Å²) in [5, 5.41) is 0. The molecule has 4 aromatic rings. The molecule has 0 heterocycles. The van der Waals surface area contributed by atoms with E-state index in [-0.39, 0.29) is 54.0 Å². The molecule has 94 heavy (non-hydrogen) atoms. The number of carbonyl (C=O) groups excluding carboxylic acids is 4. The SMILES string of the molecule is CCCC(C)OC(=O)C1CCC(C(=O)Oc2ccc(C(=O)OCCCCCCOC3CCC(c4ccc(C)cc4)CC3)cc2)CC1.CCCCCC(=O)OC1CCC(C2CCC(OOCc3ccc(OCCCCCCOc4ccc(CCCCC)cc4)cc3)CC2)CC1. The summed E-state index contributed by atoms with van der Waals surface area (Å²) in [7, 11) is 0. The third-order valence-corrected chi connectivity index (χ3v) is 19.9. The van der Waals surface area contributed by atoms with Crippen LogP contribution in [0.25, 0.3) is 0 Å². The summed E-state index contributed by atoms with van der Waals surface area (Å²) in [6, 6.07) is 32.3.